The molecule has 2 nitrogen and oxygen atoms in total. The average molecular weight is 372 g/mol. The predicted molar refractivity (Wildman–Crippen MR) is 81.0 cm³/mol. The molecule has 0 aromatic heterocycles. The third kappa shape index (κ3) is 3.25. The Bertz CT molecular complexity index is 597. The van der Waals surface area contributed by atoms with Gasteiger partial charge in [0.2, 0.25) is 0 Å². The van der Waals surface area contributed by atoms with Crippen LogP contribution in [0, 0.1) is 16.3 Å². The molecule has 0 bridgehead atoms. The van der Waals surface area contributed by atoms with Gasteiger partial charge in [0.05, 0.1) is 9.67 Å². The monoisotopic (exact) mass is 372 g/mol. The van der Waals surface area contributed by atoms with E-state index in [0.29, 0.717) is 22.6 Å². The van der Waals surface area contributed by atoms with Crippen molar-refractivity contribution in [1.82, 2.24) is 0 Å². The van der Waals surface area contributed by atoms with Crippen LogP contribution < -0.4 is 4.74 Å². The Morgan fingerprint density at radius 1 is 1.21 bits per heavy atom. The van der Waals surface area contributed by atoms with Crippen molar-refractivity contribution in [3.63, 3.8) is 0 Å². The van der Waals surface area contributed by atoms with Crippen LogP contribution in [0.2, 0.25) is 0 Å². The molecule has 0 aliphatic heterocycles. The lowest BCUT2D eigenvalue weighted by Crippen LogP contribution is -1.99. The molecule has 4 heteroatoms. The summed E-state index contributed by atoms with van der Waals surface area (Å²) in [5, 5.41) is 9.72. The van der Waals surface area contributed by atoms with Crippen LogP contribution in [0.3, 0.4) is 0 Å². The smallest absolute Gasteiger partial charge is 0.140 e. The molecule has 19 heavy (non-hydrogen) atoms. The van der Waals surface area contributed by atoms with Crippen molar-refractivity contribution < 1.29 is 14.2 Å². The number of halogens is 2. The zero-order chi connectivity index (χ0) is 14.0. The largest absolute Gasteiger partial charge is 0.456 e. The van der Waals surface area contributed by atoms with Crippen molar-refractivity contribution >= 4 is 22.6 Å². The van der Waals surface area contributed by atoms with Gasteiger partial charge in [-0.25, -0.2) is 4.39 Å². The number of rotatable bonds is 3. The zero-order valence-corrected chi connectivity index (χ0v) is 12.8. The highest BCUT2D eigenvalue weighted by molar-refractivity contribution is 14.1. The van der Waals surface area contributed by atoms with Crippen LogP contribution in [0.1, 0.15) is 24.2 Å². The van der Waals surface area contributed by atoms with Gasteiger partial charge in [-0.2, -0.15) is 0 Å². The van der Waals surface area contributed by atoms with Gasteiger partial charge in [0.1, 0.15) is 17.3 Å². The molecule has 0 heterocycles. The Morgan fingerprint density at radius 2 is 1.89 bits per heavy atom. The Hall–Kier alpha value is -1.14. The second kappa shape index (κ2) is 5.88. The van der Waals surface area contributed by atoms with Crippen molar-refractivity contribution in [1.29, 1.82) is 0 Å². The fraction of sp³-hybridized carbons (Fsp3) is 0.200. The number of ether oxygens (including phenoxy) is 1. The predicted octanol–water partition coefficient (Wildman–Crippen LogP) is 4.58. The highest BCUT2D eigenvalue weighted by Crippen LogP contribution is 2.33. The summed E-state index contributed by atoms with van der Waals surface area (Å²) in [5.74, 6) is 0.833. The highest BCUT2D eigenvalue weighted by atomic mass is 127. The van der Waals surface area contributed by atoms with Crippen LogP contribution in [0.4, 0.5) is 4.39 Å². The average Bonchev–Trinajstić information content (AvgIpc) is 2.36. The summed E-state index contributed by atoms with van der Waals surface area (Å²) in [6.45, 7) is 3.26. The maximum absolute atomic E-state index is 13.6. The first-order valence-electron chi connectivity index (χ1n) is 5.89. The first kappa shape index (κ1) is 14.3. The fourth-order valence-electron chi connectivity index (χ4n) is 1.73. The van der Waals surface area contributed by atoms with Crippen molar-refractivity contribution in [3.8, 4) is 11.5 Å². The number of para-hydroxylation sites is 1. The molecule has 2 rings (SSSR count). The topological polar surface area (TPSA) is 29.5 Å². The van der Waals surface area contributed by atoms with Crippen LogP contribution in [0.5, 0.6) is 11.5 Å². The number of aliphatic hydroxyl groups excluding tert-OH is 1. The van der Waals surface area contributed by atoms with E-state index < -0.39 is 6.10 Å². The van der Waals surface area contributed by atoms with Crippen LogP contribution in [0.25, 0.3) is 0 Å². The van der Waals surface area contributed by atoms with Gasteiger partial charge in [-0.1, -0.05) is 12.1 Å². The quantitative estimate of drug-likeness (QED) is 0.799. The molecule has 0 unspecified atom stereocenters. The molecule has 0 saturated carbocycles. The molecule has 0 aliphatic rings. The van der Waals surface area contributed by atoms with E-state index in [-0.39, 0.29) is 5.82 Å². The summed E-state index contributed by atoms with van der Waals surface area (Å²) in [6.07, 6.45) is -0.786. The van der Waals surface area contributed by atoms with E-state index in [1.54, 1.807) is 19.9 Å². The summed E-state index contributed by atoms with van der Waals surface area (Å²) < 4.78 is 20.3. The van der Waals surface area contributed by atoms with Gasteiger partial charge in [-0.05, 0) is 66.3 Å². The SMILES string of the molecule is Cc1cc(Oc2ccccc2I)c([C@H](C)O)cc1F. The lowest BCUT2D eigenvalue weighted by atomic mass is 10.1. The van der Waals surface area contributed by atoms with Crippen LogP contribution in [0.15, 0.2) is 36.4 Å². The second-order valence-electron chi connectivity index (χ2n) is 4.35. The molecule has 0 radical (unpaired) electrons. The van der Waals surface area contributed by atoms with E-state index in [1.807, 2.05) is 24.3 Å². The number of aryl methyl sites for hydroxylation is 1. The van der Waals surface area contributed by atoms with Gasteiger partial charge in [0.15, 0.2) is 0 Å². The molecule has 0 fully saturated rings. The Kier molecular flexibility index (Phi) is 4.42. The Labute approximate surface area is 125 Å². The van der Waals surface area contributed by atoms with Gasteiger partial charge in [-0.15, -0.1) is 0 Å². The number of aliphatic hydroxyl groups is 1. The minimum atomic E-state index is -0.786. The highest BCUT2D eigenvalue weighted by Gasteiger charge is 2.14. The van der Waals surface area contributed by atoms with Crippen LogP contribution in [-0.4, -0.2) is 5.11 Å². The Morgan fingerprint density at radius 3 is 2.53 bits per heavy atom. The van der Waals surface area contributed by atoms with E-state index in [0.717, 1.165) is 3.57 Å². The van der Waals surface area contributed by atoms with E-state index in [2.05, 4.69) is 22.6 Å². The van der Waals surface area contributed by atoms with Gasteiger partial charge < -0.3 is 9.84 Å². The van der Waals surface area contributed by atoms with Crippen molar-refractivity contribution in [2.75, 3.05) is 0 Å². The number of hydrogen-bond donors (Lipinski definition) is 1. The fourth-order valence-corrected chi connectivity index (χ4v) is 2.23. The molecule has 0 aliphatic carbocycles. The van der Waals surface area contributed by atoms with Crippen LogP contribution >= 0.6 is 22.6 Å². The summed E-state index contributed by atoms with van der Waals surface area (Å²) in [6, 6.07) is 10.5. The first-order chi connectivity index (χ1) is 8.99. The van der Waals surface area contributed by atoms with Crippen molar-refractivity contribution in [3.05, 3.63) is 56.9 Å². The molecule has 0 spiro atoms. The van der Waals surface area contributed by atoms with E-state index in [4.69, 9.17) is 4.74 Å². The van der Waals surface area contributed by atoms with E-state index in [9.17, 15) is 9.50 Å². The summed E-state index contributed by atoms with van der Waals surface area (Å²) >= 11 is 2.17. The maximum Gasteiger partial charge on any atom is 0.140 e. The standard InChI is InChI=1S/C15H14FIO2/c1-9-7-15(11(10(2)18)8-12(9)16)19-14-6-4-3-5-13(14)17/h3-8,10,18H,1-2H3/t10-/m0/s1. The van der Waals surface area contributed by atoms with Crippen molar-refractivity contribution in [2.24, 2.45) is 0 Å². The van der Waals surface area contributed by atoms with E-state index in [1.165, 1.54) is 6.07 Å². The minimum Gasteiger partial charge on any atom is -0.456 e. The zero-order valence-electron chi connectivity index (χ0n) is 10.7. The lowest BCUT2D eigenvalue weighted by Gasteiger charge is -2.15. The molecule has 100 valence electrons. The number of benzene rings is 2. The Balaban J connectivity index is 2.45. The number of hydrogen-bond acceptors (Lipinski definition) is 2. The summed E-state index contributed by atoms with van der Waals surface area (Å²) in [7, 11) is 0. The van der Waals surface area contributed by atoms with Gasteiger partial charge in [0, 0.05) is 5.56 Å². The third-order valence-corrected chi connectivity index (χ3v) is 3.69. The normalized spacial score (nSPS) is 12.3. The van der Waals surface area contributed by atoms with Gasteiger partial charge in [-0.3, -0.25) is 0 Å². The third-order valence-electron chi connectivity index (χ3n) is 2.80. The molecular weight excluding hydrogens is 358 g/mol. The minimum absolute atomic E-state index is 0.342. The molecule has 0 saturated heterocycles. The molecule has 2 aromatic carbocycles. The lowest BCUT2D eigenvalue weighted by molar-refractivity contribution is 0.195. The van der Waals surface area contributed by atoms with Crippen LogP contribution in [-0.2, 0) is 0 Å². The van der Waals surface area contributed by atoms with Gasteiger partial charge >= 0.3 is 0 Å². The summed E-state index contributed by atoms with van der Waals surface area (Å²) in [4.78, 5) is 0. The molecule has 0 amide bonds. The van der Waals surface area contributed by atoms with Gasteiger partial charge in [0.25, 0.3) is 0 Å². The molecular formula is C15H14FIO2. The van der Waals surface area contributed by atoms with Crippen molar-refractivity contribution in [2.45, 2.75) is 20.0 Å². The molecule has 1 atom stereocenters. The second-order valence-corrected chi connectivity index (χ2v) is 5.51. The van der Waals surface area contributed by atoms with E-state index >= 15 is 0 Å². The molecule has 2 aromatic rings. The molecule has 1 N–H and O–H groups in total. The maximum atomic E-state index is 13.6. The summed E-state index contributed by atoms with van der Waals surface area (Å²) in [5.41, 5.74) is 0.938. The first-order valence-corrected chi connectivity index (χ1v) is 6.97.